The average molecular weight is 263 g/mol. The molecule has 4 nitrogen and oxygen atoms in total. The maximum absolute atomic E-state index is 12.8. The second-order valence-corrected chi connectivity index (χ2v) is 5.70. The van der Waals surface area contributed by atoms with E-state index in [1.165, 1.54) is 12.1 Å². The van der Waals surface area contributed by atoms with Crippen molar-refractivity contribution in [3.63, 3.8) is 0 Å². The van der Waals surface area contributed by atoms with E-state index in [1.54, 1.807) is 12.1 Å². The van der Waals surface area contributed by atoms with Crippen LogP contribution >= 0.6 is 0 Å². The number of halogens is 1. The molecule has 2 N–H and O–H groups in total. The first kappa shape index (κ1) is 13.7. The van der Waals surface area contributed by atoms with E-state index in [9.17, 15) is 4.39 Å². The van der Waals surface area contributed by atoms with Crippen molar-refractivity contribution in [2.75, 3.05) is 0 Å². The fraction of sp³-hybridized carbons (Fsp3) is 0.429. The molecule has 0 fully saturated rings. The second kappa shape index (κ2) is 5.09. The standard InChI is InChI=1S/C14H18FN3O/c1-14(2,3)12(16)13-17-11(18-19-13)8-9-4-6-10(15)7-5-9/h4-7,12H,8,16H2,1-3H3/t12-/m1/s1. The number of hydrogen-bond acceptors (Lipinski definition) is 4. The van der Waals surface area contributed by atoms with Gasteiger partial charge in [-0.15, -0.1) is 0 Å². The summed E-state index contributed by atoms with van der Waals surface area (Å²) in [7, 11) is 0. The molecule has 2 aromatic rings. The summed E-state index contributed by atoms with van der Waals surface area (Å²) in [5.41, 5.74) is 6.84. The third-order valence-corrected chi connectivity index (χ3v) is 2.96. The minimum absolute atomic E-state index is 0.139. The highest BCUT2D eigenvalue weighted by Crippen LogP contribution is 2.29. The fourth-order valence-corrected chi connectivity index (χ4v) is 1.62. The normalized spacial score (nSPS) is 13.5. The molecule has 1 aromatic carbocycles. The first-order chi connectivity index (χ1) is 8.86. The van der Waals surface area contributed by atoms with Gasteiger partial charge in [-0.05, 0) is 23.1 Å². The van der Waals surface area contributed by atoms with E-state index in [-0.39, 0.29) is 17.3 Å². The number of rotatable bonds is 3. The monoisotopic (exact) mass is 263 g/mol. The molecule has 0 radical (unpaired) electrons. The highest BCUT2D eigenvalue weighted by molar-refractivity contribution is 5.19. The molecule has 0 aliphatic rings. The molecule has 0 aliphatic carbocycles. The van der Waals surface area contributed by atoms with Crippen molar-refractivity contribution in [1.29, 1.82) is 0 Å². The lowest BCUT2D eigenvalue weighted by atomic mass is 9.87. The molecule has 0 unspecified atom stereocenters. The number of nitrogens with two attached hydrogens (primary N) is 1. The Morgan fingerprint density at radius 2 is 1.89 bits per heavy atom. The molecule has 0 saturated carbocycles. The van der Waals surface area contributed by atoms with Crippen molar-refractivity contribution in [2.45, 2.75) is 33.2 Å². The van der Waals surface area contributed by atoms with Crippen molar-refractivity contribution in [2.24, 2.45) is 11.1 Å². The SMILES string of the molecule is CC(C)(C)[C@H](N)c1nc(Cc2ccc(F)cc2)no1. The summed E-state index contributed by atoms with van der Waals surface area (Å²) in [6.07, 6.45) is 0.501. The van der Waals surface area contributed by atoms with Crippen LogP contribution in [0.3, 0.4) is 0 Å². The molecule has 0 bridgehead atoms. The molecule has 0 amide bonds. The van der Waals surface area contributed by atoms with Gasteiger partial charge in [-0.1, -0.05) is 38.1 Å². The minimum Gasteiger partial charge on any atom is -0.338 e. The van der Waals surface area contributed by atoms with Crippen LogP contribution < -0.4 is 5.73 Å². The molecule has 0 spiro atoms. The van der Waals surface area contributed by atoms with Crippen molar-refractivity contribution >= 4 is 0 Å². The van der Waals surface area contributed by atoms with Gasteiger partial charge in [0.1, 0.15) is 5.82 Å². The van der Waals surface area contributed by atoms with Crippen LogP contribution in [0.5, 0.6) is 0 Å². The molecule has 5 heteroatoms. The van der Waals surface area contributed by atoms with Crippen LogP contribution in [0.1, 0.15) is 44.1 Å². The van der Waals surface area contributed by atoms with Gasteiger partial charge in [0.15, 0.2) is 5.82 Å². The highest BCUT2D eigenvalue weighted by Gasteiger charge is 2.27. The number of benzene rings is 1. The van der Waals surface area contributed by atoms with E-state index >= 15 is 0 Å². The first-order valence-electron chi connectivity index (χ1n) is 6.19. The van der Waals surface area contributed by atoms with Gasteiger partial charge in [-0.2, -0.15) is 4.98 Å². The summed E-state index contributed by atoms with van der Waals surface area (Å²) in [6, 6.07) is 5.93. The number of hydrogen-bond donors (Lipinski definition) is 1. The summed E-state index contributed by atoms with van der Waals surface area (Å²) in [6.45, 7) is 6.05. The van der Waals surface area contributed by atoms with Crippen LogP contribution in [-0.4, -0.2) is 10.1 Å². The summed E-state index contributed by atoms with van der Waals surface area (Å²) < 4.78 is 18.0. The fourth-order valence-electron chi connectivity index (χ4n) is 1.62. The Hall–Kier alpha value is -1.75. The Kier molecular flexibility index (Phi) is 3.66. The zero-order chi connectivity index (χ0) is 14.0. The number of nitrogens with zero attached hydrogens (tertiary/aromatic N) is 2. The number of aromatic nitrogens is 2. The summed E-state index contributed by atoms with van der Waals surface area (Å²) in [5, 5.41) is 3.91. The third kappa shape index (κ3) is 3.38. The van der Waals surface area contributed by atoms with E-state index in [4.69, 9.17) is 10.3 Å². The Morgan fingerprint density at radius 3 is 2.47 bits per heavy atom. The smallest absolute Gasteiger partial charge is 0.244 e. The average Bonchev–Trinajstić information content (AvgIpc) is 2.78. The van der Waals surface area contributed by atoms with E-state index in [0.717, 1.165) is 5.56 Å². The van der Waals surface area contributed by atoms with Crippen LogP contribution in [0.15, 0.2) is 28.8 Å². The molecular weight excluding hydrogens is 245 g/mol. The van der Waals surface area contributed by atoms with Crippen molar-refractivity contribution in [1.82, 2.24) is 10.1 Å². The van der Waals surface area contributed by atoms with Crippen LogP contribution in [0.25, 0.3) is 0 Å². The lowest BCUT2D eigenvalue weighted by molar-refractivity contribution is 0.252. The summed E-state index contributed by atoms with van der Waals surface area (Å²) >= 11 is 0. The van der Waals surface area contributed by atoms with Gasteiger partial charge in [0.05, 0.1) is 6.04 Å². The van der Waals surface area contributed by atoms with E-state index in [2.05, 4.69) is 10.1 Å². The van der Waals surface area contributed by atoms with Crippen LogP contribution in [-0.2, 0) is 6.42 Å². The molecule has 0 saturated heterocycles. The quantitative estimate of drug-likeness (QED) is 0.924. The second-order valence-electron chi connectivity index (χ2n) is 5.70. The molecule has 1 heterocycles. The Bertz CT molecular complexity index is 543. The lowest BCUT2D eigenvalue weighted by Gasteiger charge is -2.23. The van der Waals surface area contributed by atoms with Crippen molar-refractivity contribution in [3.8, 4) is 0 Å². The summed E-state index contributed by atoms with van der Waals surface area (Å²) in [4.78, 5) is 4.30. The van der Waals surface area contributed by atoms with Gasteiger partial charge in [0.2, 0.25) is 5.89 Å². The molecule has 1 aromatic heterocycles. The predicted octanol–water partition coefficient (Wildman–Crippen LogP) is 2.85. The first-order valence-corrected chi connectivity index (χ1v) is 6.19. The molecule has 19 heavy (non-hydrogen) atoms. The molecule has 1 atom stereocenters. The molecule has 2 rings (SSSR count). The van der Waals surface area contributed by atoms with E-state index in [0.29, 0.717) is 18.1 Å². The molecule has 102 valence electrons. The Morgan fingerprint density at radius 1 is 1.26 bits per heavy atom. The lowest BCUT2D eigenvalue weighted by Crippen LogP contribution is -2.26. The van der Waals surface area contributed by atoms with Gasteiger partial charge in [-0.25, -0.2) is 4.39 Å². The molecule has 0 aliphatic heterocycles. The largest absolute Gasteiger partial charge is 0.338 e. The third-order valence-electron chi connectivity index (χ3n) is 2.96. The van der Waals surface area contributed by atoms with Gasteiger partial charge in [0, 0.05) is 6.42 Å². The van der Waals surface area contributed by atoms with Crippen LogP contribution in [0.2, 0.25) is 0 Å². The van der Waals surface area contributed by atoms with E-state index in [1.807, 2.05) is 20.8 Å². The van der Waals surface area contributed by atoms with Crippen LogP contribution in [0.4, 0.5) is 4.39 Å². The maximum Gasteiger partial charge on any atom is 0.244 e. The maximum atomic E-state index is 12.8. The van der Waals surface area contributed by atoms with Crippen molar-refractivity contribution < 1.29 is 8.91 Å². The summed E-state index contributed by atoms with van der Waals surface area (Å²) in [5.74, 6) is 0.734. The highest BCUT2D eigenvalue weighted by atomic mass is 19.1. The zero-order valence-corrected chi connectivity index (χ0v) is 11.4. The zero-order valence-electron chi connectivity index (χ0n) is 11.4. The molecular formula is C14H18FN3O. The van der Waals surface area contributed by atoms with E-state index < -0.39 is 0 Å². The van der Waals surface area contributed by atoms with Gasteiger partial charge in [-0.3, -0.25) is 0 Å². The Balaban J connectivity index is 2.11. The van der Waals surface area contributed by atoms with Gasteiger partial charge >= 0.3 is 0 Å². The van der Waals surface area contributed by atoms with Crippen molar-refractivity contribution in [3.05, 3.63) is 47.4 Å². The van der Waals surface area contributed by atoms with Crippen LogP contribution in [0, 0.1) is 11.2 Å². The Labute approximate surface area is 111 Å². The predicted molar refractivity (Wildman–Crippen MR) is 69.9 cm³/mol. The minimum atomic E-state index is -0.304. The van der Waals surface area contributed by atoms with Gasteiger partial charge in [0.25, 0.3) is 0 Å². The topological polar surface area (TPSA) is 64.9 Å². The van der Waals surface area contributed by atoms with Gasteiger partial charge < -0.3 is 10.3 Å².